The summed E-state index contributed by atoms with van der Waals surface area (Å²) >= 11 is 12.2. The third-order valence-corrected chi connectivity index (χ3v) is 5.86. The van der Waals surface area contributed by atoms with Gasteiger partial charge in [0.2, 0.25) is 5.91 Å². The molecule has 0 N–H and O–H groups in total. The van der Waals surface area contributed by atoms with Gasteiger partial charge in [-0.05, 0) is 45.4 Å². The Labute approximate surface area is 182 Å². The maximum atomic E-state index is 13.5. The van der Waals surface area contributed by atoms with E-state index in [1.807, 2.05) is 20.8 Å². The monoisotopic (exact) mass is 460 g/mol. The summed E-state index contributed by atoms with van der Waals surface area (Å²) in [6, 6.07) is 4.70. The van der Waals surface area contributed by atoms with E-state index in [0.717, 1.165) is 10.7 Å². The van der Waals surface area contributed by atoms with Gasteiger partial charge in [-0.3, -0.25) is 4.79 Å². The minimum absolute atomic E-state index is 0.0348. The summed E-state index contributed by atoms with van der Waals surface area (Å²) in [5, 5.41) is 4.31. The van der Waals surface area contributed by atoms with E-state index in [1.54, 1.807) is 30.0 Å². The summed E-state index contributed by atoms with van der Waals surface area (Å²) in [6.07, 6.45) is -4.64. The number of alkyl halides is 3. The highest BCUT2D eigenvalue weighted by molar-refractivity contribution is 6.42. The molecule has 10 heteroatoms. The zero-order valence-corrected chi connectivity index (χ0v) is 18.3. The summed E-state index contributed by atoms with van der Waals surface area (Å²) in [5.74, 6) is -1.04. The zero-order chi connectivity index (χ0) is 22.4. The molecule has 1 amide bonds. The maximum Gasteiger partial charge on any atom is 0.435 e. The first-order valence-electron chi connectivity index (χ1n) is 9.43. The minimum Gasteiger partial charge on any atom is -0.340 e. The summed E-state index contributed by atoms with van der Waals surface area (Å²) in [5.41, 5.74) is -0.130. The molecule has 1 aliphatic rings. The van der Waals surface area contributed by atoms with Crippen LogP contribution in [0.3, 0.4) is 0 Å². The average molecular weight is 461 g/mol. The van der Waals surface area contributed by atoms with Crippen LogP contribution in [0.25, 0.3) is 0 Å². The van der Waals surface area contributed by atoms with Crippen molar-refractivity contribution in [2.45, 2.75) is 46.0 Å². The van der Waals surface area contributed by atoms with Crippen LogP contribution in [0.5, 0.6) is 0 Å². The number of carbonyl (C=O) groups excluding carboxylic acids is 1. The number of aromatic nitrogens is 2. The number of hydrogen-bond donors (Lipinski definition) is 0. The Hall–Kier alpha value is -2.06. The van der Waals surface area contributed by atoms with Crippen molar-refractivity contribution in [1.29, 1.82) is 0 Å². The van der Waals surface area contributed by atoms with Gasteiger partial charge < -0.3 is 4.90 Å². The molecule has 1 aromatic carbocycles. The van der Waals surface area contributed by atoms with E-state index >= 15 is 0 Å². The highest BCUT2D eigenvalue weighted by atomic mass is 35.5. The van der Waals surface area contributed by atoms with Gasteiger partial charge in [0.25, 0.3) is 0 Å². The first kappa shape index (κ1) is 22.6. The summed E-state index contributed by atoms with van der Waals surface area (Å²) in [6.45, 7) is 7.71. The van der Waals surface area contributed by atoms with Crippen LogP contribution in [0.4, 0.5) is 19.0 Å². The summed E-state index contributed by atoms with van der Waals surface area (Å²) < 4.78 is 41.1. The molecule has 0 aliphatic carbocycles. The molecule has 162 valence electrons. The number of rotatable bonds is 4. The van der Waals surface area contributed by atoms with Gasteiger partial charge in [0, 0.05) is 24.4 Å². The molecule has 0 radical (unpaired) electrons. The molecule has 2 aromatic rings. The number of halogens is 5. The van der Waals surface area contributed by atoms with Crippen LogP contribution < -0.4 is 0 Å². The fraction of sp³-hybridized carbons (Fsp3) is 0.450. The van der Waals surface area contributed by atoms with Crippen molar-refractivity contribution < 1.29 is 18.0 Å². The van der Waals surface area contributed by atoms with Gasteiger partial charge in [-0.2, -0.15) is 18.3 Å². The first-order valence-corrected chi connectivity index (χ1v) is 10.2. The Morgan fingerprint density at radius 3 is 2.43 bits per heavy atom. The van der Waals surface area contributed by atoms with Crippen LogP contribution in [0.2, 0.25) is 10.0 Å². The topological polar surface area (TPSA) is 50.5 Å². The van der Waals surface area contributed by atoms with Gasteiger partial charge >= 0.3 is 6.18 Å². The molecule has 0 spiro atoms. The van der Waals surface area contributed by atoms with Crippen LogP contribution in [-0.4, -0.2) is 38.9 Å². The Bertz CT molecular complexity index is 1000. The molecular formula is C20H21Cl2F3N4O. The summed E-state index contributed by atoms with van der Waals surface area (Å²) in [7, 11) is 0. The number of carbonyl (C=O) groups is 1. The Balaban J connectivity index is 2.21. The second kappa shape index (κ2) is 8.23. The SMILES string of the molecule is CCN(C(=O)C1C(C)=Nc2cc(C(F)(F)F)nn2C1c1ccc(Cl)c(Cl)c1)C(C)C. The van der Waals surface area contributed by atoms with Crippen molar-refractivity contribution in [3.8, 4) is 0 Å². The van der Waals surface area contributed by atoms with Gasteiger partial charge in [-0.1, -0.05) is 29.3 Å². The van der Waals surface area contributed by atoms with E-state index in [9.17, 15) is 18.0 Å². The Kier molecular flexibility index (Phi) is 6.20. The molecule has 0 bridgehead atoms. The normalized spacial score (nSPS) is 18.9. The quantitative estimate of drug-likeness (QED) is 0.580. The third kappa shape index (κ3) is 4.07. The number of amides is 1. The number of fused-ring (bicyclic) bond motifs is 1. The van der Waals surface area contributed by atoms with E-state index in [4.69, 9.17) is 23.2 Å². The predicted molar refractivity (Wildman–Crippen MR) is 111 cm³/mol. The van der Waals surface area contributed by atoms with Crippen LogP contribution in [0, 0.1) is 5.92 Å². The van der Waals surface area contributed by atoms with Crippen molar-refractivity contribution in [2.24, 2.45) is 10.9 Å². The molecule has 0 saturated carbocycles. The van der Waals surface area contributed by atoms with E-state index in [1.165, 1.54) is 0 Å². The van der Waals surface area contributed by atoms with Gasteiger partial charge in [-0.25, -0.2) is 9.67 Å². The molecule has 0 saturated heterocycles. The number of aliphatic imine (C=N–C) groups is 1. The maximum absolute atomic E-state index is 13.5. The molecule has 0 fully saturated rings. The number of nitrogens with zero attached hydrogens (tertiary/aromatic N) is 4. The van der Waals surface area contributed by atoms with E-state index in [-0.39, 0.29) is 22.8 Å². The van der Waals surface area contributed by atoms with Gasteiger partial charge in [0.1, 0.15) is 5.92 Å². The fourth-order valence-electron chi connectivity index (χ4n) is 3.73. The standard InChI is InChI=1S/C20H21Cl2F3N4O/c1-5-28(10(2)3)19(30)17-11(4)26-16-9-15(20(23,24)25)27-29(16)18(17)12-6-7-13(21)14(22)8-12/h6-10,17-18H,5H2,1-4H3. The molecule has 1 aromatic heterocycles. The van der Waals surface area contributed by atoms with Crippen LogP contribution in [0.15, 0.2) is 29.3 Å². The largest absolute Gasteiger partial charge is 0.435 e. The molecule has 30 heavy (non-hydrogen) atoms. The lowest BCUT2D eigenvalue weighted by Crippen LogP contribution is -2.47. The van der Waals surface area contributed by atoms with Crippen molar-refractivity contribution in [3.63, 3.8) is 0 Å². The zero-order valence-electron chi connectivity index (χ0n) is 16.8. The molecular weight excluding hydrogens is 440 g/mol. The summed E-state index contributed by atoms with van der Waals surface area (Å²) in [4.78, 5) is 19.4. The molecule has 3 rings (SSSR count). The Morgan fingerprint density at radius 2 is 1.90 bits per heavy atom. The van der Waals surface area contributed by atoms with E-state index in [0.29, 0.717) is 22.8 Å². The van der Waals surface area contributed by atoms with E-state index in [2.05, 4.69) is 10.1 Å². The van der Waals surface area contributed by atoms with Crippen LogP contribution in [-0.2, 0) is 11.0 Å². The highest BCUT2D eigenvalue weighted by Gasteiger charge is 2.43. The first-order chi connectivity index (χ1) is 14.0. The molecule has 2 atom stereocenters. The number of benzene rings is 1. The third-order valence-electron chi connectivity index (χ3n) is 5.13. The van der Waals surface area contributed by atoms with Crippen LogP contribution >= 0.6 is 23.2 Å². The van der Waals surface area contributed by atoms with Crippen molar-refractivity contribution in [2.75, 3.05) is 6.54 Å². The fourth-order valence-corrected chi connectivity index (χ4v) is 4.04. The lowest BCUT2D eigenvalue weighted by molar-refractivity contribution is -0.141. The van der Waals surface area contributed by atoms with Crippen LogP contribution in [0.1, 0.15) is 45.0 Å². The highest BCUT2D eigenvalue weighted by Crippen LogP contribution is 2.41. The lowest BCUT2D eigenvalue weighted by Gasteiger charge is -2.36. The van der Waals surface area contributed by atoms with Gasteiger partial charge in [-0.15, -0.1) is 0 Å². The molecule has 1 aliphatic heterocycles. The van der Waals surface area contributed by atoms with Gasteiger partial charge in [0.15, 0.2) is 11.5 Å². The molecule has 2 unspecified atom stereocenters. The average Bonchev–Trinajstić information content (AvgIpc) is 3.07. The smallest absolute Gasteiger partial charge is 0.340 e. The molecule has 2 heterocycles. The van der Waals surface area contributed by atoms with Crippen molar-refractivity contribution in [1.82, 2.24) is 14.7 Å². The minimum atomic E-state index is -4.64. The second-order valence-electron chi connectivity index (χ2n) is 7.40. The number of hydrogen-bond acceptors (Lipinski definition) is 3. The lowest BCUT2D eigenvalue weighted by atomic mass is 9.86. The van der Waals surface area contributed by atoms with E-state index < -0.39 is 23.8 Å². The Morgan fingerprint density at radius 1 is 1.23 bits per heavy atom. The molecule has 5 nitrogen and oxygen atoms in total. The van der Waals surface area contributed by atoms with Gasteiger partial charge in [0.05, 0.1) is 16.1 Å². The second-order valence-corrected chi connectivity index (χ2v) is 8.21. The van der Waals surface area contributed by atoms with Crippen molar-refractivity contribution >= 4 is 40.6 Å². The van der Waals surface area contributed by atoms with Crippen molar-refractivity contribution in [3.05, 3.63) is 45.6 Å². The predicted octanol–water partition coefficient (Wildman–Crippen LogP) is 5.78.